The van der Waals surface area contributed by atoms with Gasteiger partial charge in [0.05, 0.1) is 18.0 Å². The van der Waals surface area contributed by atoms with Gasteiger partial charge in [-0.2, -0.15) is 5.26 Å². The molecule has 2 rings (SSSR count). The van der Waals surface area contributed by atoms with Gasteiger partial charge in [0.15, 0.2) is 5.78 Å². The quantitative estimate of drug-likeness (QED) is 0.516. The average molecular weight is 162 g/mol. The molecular weight excluding hydrogens is 152 g/mol. The Morgan fingerprint density at radius 3 is 3.08 bits per heavy atom. The molecular formula is C9H10N2O. The van der Waals surface area contributed by atoms with Crippen LogP contribution in [-0.2, 0) is 4.79 Å². The highest BCUT2D eigenvalue weighted by molar-refractivity contribution is 5.95. The normalized spacial score (nSPS) is 40.0. The first kappa shape index (κ1) is 7.51. The van der Waals surface area contributed by atoms with Crippen molar-refractivity contribution in [3.63, 3.8) is 0 Å². The Morgan fingerprint density at radius 1 is 1.75 bits per heavy atom. The predicted molar refractivity (Wildman–Crippen MR) is 43.2 cm³/mol. The molecule has 0 spiro atoms. The van der Waals surface area contributed by atoms with Crippen LogP contribution in [0, 0.1) is 17.2 Å². The van der Waals surface area contributed by atoms with Gasteiger partial charge in [0, 0.05) is 6.04 Å². The van der Waals surface area contributed by atoms with E-state index in [9.17, 15) is 4.79 Å². The molecule has 2 aliphatic heterocycles. The largest absolute Gasteiger partial charge is 0.293 e. The molecule has 0 aromatic carbocycles. The summed E-state index contributed by atoms with van der Waals surface area (Å²) in [5.41, 5.74) is 0. The number of nitriles is 1. The Labute approximate surface area is 71.3 Å². The molecule has 0 aromatic heterocycles. The number of fused-ring (bicyclic) bond motifs is 2. The highest BCUT2D eigenvalue weighted by Gasteiger charge is 2.42. The highest BCUT2D eigenvalue weighted by atomic mass is 16.1. The fraction of sp³-hybridized carbons (Fsp3) is 0.556. The van der Waals surface area contributed by atoms with Gasteiger partial charge in [0.25, 0.3) is 0 Å². The van der Waals surface area contributed by atoms with Gasteiger partial charge in [-0.3, -0.25) is 9.69 Å². The van der Waals surface area contributed by atoms with E-state index >= 15 is 0 Å². The summed E-state index contributed by atoms with van der Waals surface area (Å²) in [6.45, 7) is 0. The number of ketones is 1. The van der Waals surface area contributed by atoms with Gasteiger partial charge in [0.2, 0.25) is 0 Å². The number of rotatable bonds is 0. The highest BCUT2D eigenvalue weighted by Crippen LogP contribution is 2.32. The van der Waals surface area contributed by atoms with Crippen LogP contribution in [0.15, 0.2) is 12.2 Å². The van der Waals surface area contributed by atoms with Gasteiger partial charge >= 0.3 is 0 Å². The molecule has 3 nitrogen and oxygen atoms in total. The summed E-state index contributed by atoms with van der Waals surface area (Å²) >= 11 is 0. The molecule has 12 heavy (non-hydrogen) atoms. The van der Waals surface area contributed by atoms with Crippen LogP contribution in [0.1, 0.15) is 6.42 Å². The third-order valence-corrected chi connectivity index (χ3v) is 2.80. The molecule has 0 aromatic rings. The van der Waals surface area contributed by atoms with Crippen molar-refractivity contribution >= 4 is 5.78 Å². The molecule has 0 unspecified atom stereocenters. The number of hydrogen-bond donors (Lipinski definition) is 0. The summed E-state index contributed by atoms with van der Waals surface area (Å²) in [6.07, 6.45) is 4.16. The molecule has 0 amide bonds. The number of carbonyl (C=O) groups is 1. The molecule has 2 aliphatic rings. The lowest BCUT2D eigenvalue weighted by molar-refractivity contribution is -0.119. The third-order valence-electron chi connectivity index (χ3n) is 2.80. The van der Waals surface area contributed by atoms with Crippen molar-refractivity contribution in [1.29, 1.82) is 5.26 Å². The summed E-state index contributed by atoms with van der Waals surface area (Å²) in [5.74, 6) is 0.147. The molecule has 0 aliphatic carbocycles. The van der Waals surface area contributed by atoms with Crippen molar-refractivity contribution in [3.8, 4) is 6.07 Å². The molecule has 3 atom stereocenters. The van der Waals surface area contributed by atoms with E-state index in [1.54, 1.807) is 6.08 Å². The van der Waals surface area contributed by atoms with Gasteiger partial charge in [-0.05, 0) is 19.5 Å². The Bertz CT molecular complexity index is 289. The first-order chi connectivity index (χ1) is 5.74. The first-order valence-corrected chi connectivity index (χ1v) is 4.07. The van der Waals surface area contributed by atoms with Gasteiger partial charge in [-0.15, -0.1) is 0 Å². The Kier molecular flexibility index (Phi) is 1.52. The topological polar surface area (TPSA) is 44.1 Å². The Balaban J connectivity index is 2.34. The maximum absolute atomic E-state index is 11.3. The zero-order chi connectivity index (χ0) is 8.72. The molecule has 2 heterocycles. The monoisotopic (exact) mass is 162 g/mol. The van der Waals surface area contributed by atoms with E-state index in [1.807, 2.05) is 18.0 Å². The van der Waals surface area contributed by atoms with Gasteiger partial charge in [-0.1, -0.05) is 6.08 Å². The number of nitrogens with zero attached hydrogens (tertiary/aromatic N) is 2. The fourth-order valence-electron chi connectivity index (χ4n) is 2.06. The number of likely N-dealkylation sites (N-methyl/N-ethyl adjacent to an activating group) is 1. The first-order valence-electron chi connectivity index (χ1n) is 4.07. The molecule has 0 saturated carbocycles. The maximum atomic E-state index is 11.3. The minimum atomic E-state index is -0.0374. The van der Waals surface area contributed by atoms with E-state index in [2.05, 4.69) is 6.07 Å². The van der Waals surface area contributed by atoms with E-state index < -0.39 is 0 Å². The van der Waals surface area contributed by atoms with Crippen LogP contribution in [0.2, 0.25) is 0 Å². The van der Waals surface area contributed by atoms with Crippen molar-refractivity contribution in [2.24, 2.45) is 5.92 Å². The second-order valence-electron chi connectivity index (χ2n) is 3.40. The van der Waals surface area contributed by atoms with Crippen LogP contribution in [0.4, 0.5) is 0 Å². The number of hydrogen-bond acceptors (Lipinski definition) is 3. The van der Waals surface area contributed by atoms with Crippen LogP contribution in [0.25, 0.3) is 0 Å². The van der Waals surface area contributed by atoms with Crippen molar-refractivity contribution < 1.29 is 4.79 Å². The summed E-state index contributed by atoms with van der Waals surface area (Å²) in [4.78, 5) is 13.3. The molecule has 2 bridgehead atoms. The van der Waals surface area contributed by atoms with Crippen molar-refractivity contribution in [2.45, 2.75) is 18.5 Å². The Morgan fingerprint density at radius 2 is 2.50 bits per heavy atom. The fourth-order valence-corrected chi connectivity index (χ4v) is 2.06. The van der Waals surface area contributed by atoms with Crippen LogP contribution >= 0.6 is 0 Å². The maximum Gasteiger partial charge on any atom is 0.172 e. The minimum Gasteiger partial charge on any atom is -0.293 e. The van der Waals surface area contributed by atoms with Crippen LogP contribution in [0.3, 0.4) is 0 Å². The van der Waals surface area contributed by atoms with E-state index in [0.29, 0.717) is 6.42 Å². The average Bonchev–Trinajstić information content (AvgIpc) is 2.26. The van der Waals surface area contributed by atoms with Crippen molar-refractivity contribution in [1.82, 2.24) is 4.90 Å². The second kappa shape index (κ2) is 2.43. The molecule has 0 N–H and O–H groups in total. The summed E-state index contributed by atoms with van der Waals surface area (Å²) in [5, 5.41) is 8.80. The smallest absolute Gasteiger partial charge is 0.172 e. The lowest BCUT2D eigenvalue weighted by atomic mass is 10.0. The van der Waals surface area contributed by atoms with Crippen molar-refractivity contribution in [3.05, 3.63) is 12.2 Å². The second-order valence-corrected chi connectivity index (χ2v) is 3.40. The van der Waals surface area contributed by atoms with E-state index in [1.165, 1.54) is 0 Å². The van der Waals surface area contributed by atoms with Crippen molar-refractivity contribution in [2.75, 3.05) is 7.05 Å². The molecule has 62 valence electrons. The zero-order valence-corrected chi connectivity index (χ0v) is 6.90. The third kappa shape index (κ3) is 0.819. The summed E-state index contributed by atoms with van der Waals surface area (Å²) in [6, 6.07) is 2.37. The SMILES string of the molecule is CN1[C@H]2C[C@@H](C#N)[C@@H]1C=CC2=O. The zero-order valence-electron chi connectivity index (χ0n) is 6.90. The summed E-state index contributed by atoms with van der Waals surface area (Å²) < 4.78 is 0. The molecule has 1 saturated heterocycles. The number of carbonyl (C=O) groups excluding carboxylic acids is 1. The lowest BCUT2D eigenvalue weighted by Crippen LogP contribution is -2.39. The molecule has 3 heteroatoms. The minimum absolute atomic E-state index is 0.00250. The predicted octanol–water partition coefficient (Wildman–Crippen LogP) is 0.338. The van der Waals surface area contributed by atoms with Gasteiger partial charge < -0.3 is 0 Å². The Hall–Kier alpha value is -1.14. The molecule has 0 radical (unpaired) electrons. The van der Waals surface area contributed by atoms with Gasteiger partial charge in [-0.25, -0.2) is 0 Å². The van der Waals surface area contributed by atoms with Crippen LogP contribution in [0.5, 0.6) is 0 Å². The van der Waals surface area contributed by atoms with E-state index in [0.717, 1.165) is 0 Å². The van der Waals surface area contributed by atoms with Crippen LogP contribution in [-0.4, -0.2) is 29.8 Å². The van der Waals surface area contributed by atoms with E-state index in [4.69, 9.17) is 5.26 Å². The van der Waals surface area contributed by atoms with Gasteiger partial charge in [0.1, 0.15) is 0 Å². The summed E-state index contributed by atoms with van der Waals surface area (Å²) in [7, 11) is 1.91. The van der Waals surface area contributed by atoms with E-state index in [-0.39, 0.29) is 23.8 Å². The standard InChI is InChI=1S/C9H10N2O/c1-11-7-2-3-9(12)8(11)4-6(7)5-10/h2-3,6-8H,4H2,1H3/t6-,7-,8-/m0/s1. The molecule has 1 fully saturated rings. The lowest BCUT2D eigenvalue weighted by Gasteiger charge is -2.25. The van der Waals surface area contributed by atoms with Crippen LogP contribution < -0.4 is 0 Å².